The van der Waals surface area contributed by atoms with Gasteiger partial charge in [0, 0.05) is 17.5 Å². The van der Waals surface area contributed by atoms with Crippen LogP contribution in [0.15, 0.2) is 0 Å². The molecule has 2 aliphatic rings. The number of hydrogen-bond acceptors (Lipinski definition) is 4. The molecule has 4 nitrogen and oxygen atoms in total. The molecule has 0 saturated heterocycles. The maximum Gasteiger partial charge on any atom is 0.136 e. The van der Waals surface area contributed by atoms with E-state index in [9.17, 15) is 0 Å². The molecule has 3 rings (SSSR count). The Morgan fingerprint density at radius 3 is 2.60 bits per heavy atom. The molecule has 110 valence electrons. The normalized spacial score (nSPS) is 27.1. The number of anilines is 2. The molecule has 2 unspecified atom stereocenters. The predicted octanol–water partition coefficient (Wildman–Crippen LogP) is 3.63. The summed E-state index contributed by atoms with van der Waals surface area (Å²) < 4.78 is 0. The smallest absolute Gasteiger partial charge is 0.136 e. The third kappa shape index (κ3) is 3.05. The van der Waals surface area contributed by atoms with Gasteiger partial charge in [-0.1, -0.05) is 19.8 Å². The molecule has 4 heteroatoms. The second kappa shape index (κ2) is 5.58. The third-order valence-electron chi connectivity index (χ3n) is 4.74. The van der Waals surface area contributed by atoms with Crippen LogP contribution in [-0.2, 0) is 0 Å². The second-order valence-electron chi connectivity index (χ2n) is 6.67. The van der Waals surface area contributed by atoms with E-state index in [1.165, 1.54) is 44.9 Å². The van der Waals surface area contributed by atoms with Gasteiger partial charge in [0.05, 0.1) is 0 Å². The highest BCUT2D eigenvalue weighted by Gasteiger charge is 2.28. The fourth-order valence-corrected chi connectivity index (χ4v) is 3.04. The van der Waals surface area contributed by atoms with Gasteiger partial charge in [0.1, 0.15) is 17.5 Å². The summed E-state index contributed by atoms with van der Waals surface area (Å²) in [5.74, 6) is 3.97. The molecule has 0 aliphatic heterocycles. The van der Waals surface area contributed by atoms with Crippen LogP contribution in [0.25, 0.3) is 0 Å². The van der Waals surface area contributed by atoms with Gasteiger partial charge in [-0.15, -0.1) is 0 Å². The maximum atomic E-state index is 6.05. The van der Waals surface area contributed by atoms with Crippen molar-refractivity contribution in [1.82, 2.24) is 9.97 Å². The zero-order chi connectivity index (χ0) is 14.1. The Labute approximate surface area is 121 Å². The number of nitrogens with one attached hydrogen (secondary N) is 1. The first-order valence-corrected chi connectivity index (χ1v) is 8.04. The molecule has 20 heavy (non-hydrogen) atoms. The molecule has 1 aromatic rings. The molecule has 0 aromatic carbocycles. The van der Waals surface area contributed by atoms with Crippen molar-refractivity contribution >= 4 is 11.6 Å². The summed E-state index contributed by atoms with van der Waals surface area (Å²) in [4.78, 5) is 9.18. The Morgan fingerprint density at radius 1 is 1.05 bits per heavy atom. The first kappa shape index (κ1) is 13.7. The summed E-state index contributed by atoms with van der Waals surface area (Å²) in [5, 5.41) is 3.64. The van der Waals surface area contributed by atoms with Crippen LogP contribution in [0, 0.1) is 12.8 Å². The van der Waals surface area contributed by atoms with Crippen LogP contribution in [0.4, 0.5) is 11.6 Å². The summed E-state index contributed by atoms with van der Waals surface area (Å²) in [6, 6.07) is 0.542. The largest absolute Gasteiger partial charge is 0.383 e. The Balaban J connectivity index is 1.75. The first-order chi connectivity index (χ1) is 9.63. The van der Waals surface area contributed by atoms with Gasteiger partial charge >= 0.3 is 0 Å². The van der Waals surface area contributed by atoms with E-state index in [1.807, 2.05) is 6.92 Å². The van der Waals surface area contributed by atoms with Gasteiger partial charge < -0.3 is 11.1 Å². The fourth-order valence-electron chi connectivity index (χ4n) is 3.04. The SMILES string of the molecule is Cc1c(N)nc(C2CC2)nc1NC1CCCC(C)CC1. The molecule has 0 radical (unpaired) electrons. The van der Waals surface area contributed by atoms with Crippen LogP contribution in [0.5, 0.6) is 0 Å². The number of nitrogen functional groups attached to an aromatic ring is 1. The van der Waals surface area contributed by atoms with Crippen molar-refractivity contribution in [2.75, 3.05) is 11.1 Å². The van der Waals surface area contributed by atoms with Crippen LogP contribution >= 0.6 is 0 Å². The van der Waals surface area contributed by atoms with Crippen LogP contribution in [-0.4, -0.2) is 16.0 Å². The Bertz CT molecular complexity index is 482. The molecular weight excluding hydrogens is 248 g/mol. The van der Waals surface area contributed by atoms with Gasteiger partial charge in [-0.3, -0.25) is 0 Å². The molecular formula is C16H26N4. The van der Waals surface area contributed by atoms with Crippen molar-refractivity contribution in [2.24, 2.45) is 5.92 Å². The molecule has 2 aliphatic carbocycles. The lowest BCUT2D eigenvalue weighted by Crippen LogP contribution is -2.21. The van der Waals surface area contributed by atoms with E-state index >= 15 is 0 Å². The summed E-state index contributed by atoms with van der Waals surface area (Å²) >= 11 is 0. The number of aromatic nitrogens is 2. The van der Waals surface area contributed by atoms with Crippen molar-refractivity contribution in [2.45, 2.75) is 70.8 Å². The highest BCUT2D eigenvalue weighted by molar-refractivity contribution is 5.55. The van der Waals surface area contributed by atoms with Gasteiger partial charge in [0.2, 0.25) is 0 Å². The summed E-state index contributed by atoms with van der Waals surface area (Å²) in [6.07, 6.45) is 8.89. The molecule has 2 atom stereocenters. The highest BCUT2D eigenvalue weighted by atomic mass is 15.1. The quantitative estimate of drug-likeness (QED) is 0.826. The molecule has 1 aromatic heterocycles. The predicted molar refractivity (Wildman–Crippen MR) is 82.8 cm³/mol. The summed E-state index contributed by atoms with van der Waals surface area (Å²) in [5.41, 5.74) is 7.06. The number of hydrogen-bond donors (Lipinski definition) is 2. The van der Waals surface area contributed by atoms with Crippen molar-refractivity contribution in [1.29, 1.82) is 0 Å². The van der Waals surface area contributed by atoms with Crippen molar-refractivity contribution in [3.8, 4) is 0 Å². The number of nitrogens with zero attached hydrogens (tertiary/aromatic N) is 2. The van der Waals surface area contributed by atoms with Crippen molar-refractivity contribution in [3.05, 3.63) is 11.4 Å². The average molecular weight is 274 g/mol. The zero-order valence-electron chi connectivity index (χ0n) is 12.7. The van der Waals surface area contributed by atoms with Gasteiger partial charge in [0.25, 0.3) is 0 Å². The van der Waals surface area contributed by atoms with E-state index < -0.39 is 0 Å². The summed E-state index contributed by atoms with van der Waals surface area (Å²) in [6.45, 7) is 4.38. The molecule has 0 amide bonds. The highest BCUT2D eigenvalue weighted by Crippen LogP contribution is 2.39. The van der Waals surface area contributed by atoms with Gasteiger partial charge in [-0.2, -0.15) is 0 Å². The fraction of sp³-hybridized carbons (Fsp3) is 0.750. The Hall–Kier alpha value is -1.32. The molecule has 0 bridgehead atoms. The standard InChI is InChI=1S/C16H26N4/c1-10-4-3-5-13(9-6-10)18-15-11(2)14(17)19-16(20-15)12-7-8-12/h10,12-13H,3-9H2,1-2H3,(H3,17,18,19,20). The molecule has 1 heterocycles. The van der Waals surface area contributed by atoms with Gasteiger partial charge in [-0.05, 0) is 44.9 Å². The maximum absolute atomic E-state index is 6.05. The van der Waals surface area contributed by atoms with Crippen molar-refractivity contribution < 1.29 is 0 Å². The average Bonchev–Trinajstić information content (AvgIpc) is 3.24. The minimum atomic E-state index is 0.542. The number of rotatable bonds is 3. The molecule has 2 fully saturated rings. The van der Waals surface area contributed by atoms with E-state index in [-0.39, 0.29) is 0 Å². The summed E-state index contributed by atoms with van der Waals surface area (Å²) in [7, 11) is 0. The van der Waals surface area contributed by atoms with E-state index in [0.29, 0.717) is 17.8 Å². The lowest BCUT2D eigenvalue weighted by atomic mass is 10.0. The van der Waals surface area contributed by atoms with Crippen LogP contribution < -0.4 is 11.1 Å². The third-order valence-corrected chi connectivity index (χ3v) is 4.74. The number of nitrogens with two attached hydrogens (primary N) is 1. The van der Waals surface area contributed by atoms with Gasteiger partial charge in [-0.25, -0.2) is 9.97 Å². The van der Waals surface area contributed by atoms with Gasteiger partial charge in [0.15, 0.2) is 0 Å². The van der Waals surface area contributed by atoms with Crippen LogP contribution in [0.1, 0.15) is 69.2 Å². The minimum absolute atomic E-state index is 0.542. The molecule has 2 saturated carbocycles. The van der Waals surface area contributed by atoms with E-state index in [1.54, 1.807) is 0 Å². The Morgan fingerprint density at radius 2 is 1.85 bits per heavy atom. The molecule has 3 N–H and O–H groups in total. The Kier molecular flexibility index (Phi) is 3.81. The zero-order valence-corrected chi connectivity index (χ0v) is 12.7. The van der Waals surface area contributed by atoms with Crippen LogP contribution in [0.3, 0.4) is 0 Å². The second-order valence-corrected chi connectivity index (χ2v) is 6.67. The lowest BCUT2D eigenvalue weighted by molar-refractivity contribution is 0.501. The van der Waals surface area contributed by atoms with E-state index in [0.717, 1.165) is 23.1 Å². The van der Waals surface area contributed by atoms with Crippen LogP contribution in [0.2, 0.25) is 0 Å². The minimum Gasteiger partial charge on any atom is -0.383 e. The van der Waals surface area contributed by atoms with E-state index in [4.69, 9.17) is 10.7 Å². The molecule has 0 spiro atoms. The first-order valence-electron chi connectivity index (χ1n) is 8.04. The lowest BCUT2D eigenvalue weighted by Gasteiger charge is -2.19. The monoisotopic (exact) mass is 274 g/mol. The van der Waals surface area contributed by atoms with E-state index in [2.05, 4.69) is 17.2 Å². The topological polar surface area (TPSA) is 63.8 Å². The van der Waals surface area contributed by atoms with Crippen molar-refractivity contribution in [3.63, 3.8) is 0 Å².